The second-order valence-electron chi connectivity index (χ2n) is 2.47. The number of hydrogen-bond acceptors (Lipinski definition) is 3. The molecule has 0 aromatic carbocycles. The highest BCUT2D eigenvalue weighted by Crippen LogP contribution is 1.94. The van der Waals surface area contributed by atoms with Gasteiger partial charge in [-0.25, -0.2) is 0 Å². The summed E-state index contributed by atoms with van der Waals surface area (Å²) < 4.78 is 0. The van der Waals surface area contributed by atoms with Crippen LogP contribution in [0.1, 0.15) is 39.5 Å². The zero-order valence-electron chi connectivity index (χ0n) is 7.35. The molecular formula is C8H17NO2. The van der Waals surface area contributed by atoms with E-state index in [-0.39, 0.29) is 5.97 Å². The molecule has 0 radical (unpaired) electrons. The highest BCUT2D eigenvalue weighted by molar-refractivity contribution is 5.68. The summed E-state index contributed by atoms with van der Waals surface area (Å²) in [6, 6.07) is 0. The van der Waals surface area contributed by atoms with Crippen molar-refractivity contribution >= 4 is 5.97 Å². The molecule has 0 fully saturated rings. The van der Waals surface area contributed by atoms with Gasteiger partial charge in [-0.05, 0) is 12.8 Å². The van der Waals surface area contributed by atoms with Crippen molar-refractivity contribution in [2.45, 2.75) is 39.5 Å². The molecule has 3 nitrogen and oxygen atoms in total. The molecule has 0 atom stereocenters. The number of hydrogen-bond donors (Lipinski definition) is 1. The summed E-state index contributed by atoms with van der Waals surface area (Å²) in [6.07, 6.45) is 3.43. The molecule has 0 bridgehead atoms. The van der Waals surface area contributed by atoms with Crippen LogP contribution in [0.3, 0.4) is 0 Å². The van der Waals surface area contributed by atoms with Gasteiger partial charge >= 0.3 is 5.97 Å². The molecule has 1 N–H and O–H groups in total. The average molecular weight is 159 g/mol. The lowest BCUT2D eigenvalue weighted by Crippen LogP contribution is -2.20. The lowest BCUT2D eigenvalue weighted by atomic mass is 10.3. The average Bonchev–Trinajstić information content (AvgIpc) is 2.01. The Labute approximate surface area is 68.1 Å². The maximum absolute atomic E-state index is 10.8. The van der Waals surface area contributed by atoms with E-state index in [1.54, 1.807) is 0 Å². The first-order valence-corrected chi connectivity index (χ1v) is 4.23. The molecule has 66 valence electrons. The number of carbonyl (C=O) groups is 1. The maximum atomic E-state index is 10.8. The minimum Gasteiger partial charge on any atom is -0.371 e. The highest BCUT2D eigenvalue weighted by atomic mass is 16.7. The van der Waals surface area contributed by atoms with Crippen LogP contribution < -0.4 is 5.48 Å². The van der Waals surface area contributed by atoms with Crippen LogP contribution in [0, 0.1) is 0 Å². The molecule has 0 amide bonds. The second kappa shape index (κ2) is 7.54. The Kier molecular flexibility index (Phi) is 7.15. The molecule has 0 aliphatic carbocycles. The van der Waals surface area contributed by atoms with Crippen molar-refractivity contribution in [2.24, 2.45) is 0 Å². The first-order valence-electron chi connectivity index (χ1n) is 4.23. The monoisotopic (exact) mass is 159 g/mol. The van der Waals surface area contributed by atoms with E-state index in [1.165, 1.54) is 0 Å². The Balaban J connectivity index is 3.09. The molecule has 0 heterocycles. The largest absolute Gasteiger partial charge is 0.371 e. The van der Waals surface area contributed by atoms with Gasteiger partial charge in [0.25, 0.3) is 0 Å². The van der Waals surface area contributed by atoms with Crippen molar-refractivity contribution in [1.29, 1.82) is 0 Å². The number of rotatable bonds is 6. The standard InChI is InChI=1S/C8H17NO2/c1-3-5-6-8(10)11-9-7-4-2/h9H,3-7H2,1-2H3. The van der Waals surface area contributed by atoms with Crippen molar-refractivity contribution in [3.8, 4) is 0 Å². The number of unbranched alkanes of at least 4 members (excludes halogenated alkanes) is 1. The van der Waals surface area contributed by atoms with Crippen LogP contribution in [0.25, 0.3) is 0 Å². The van der Waals surface area contributed by atoms with Gasteiger partial charge in [-0.1, -0.05) is 20.3 Å². The van der Waals surface area contributed by atoms with Gasteiger partial charge in [0.15, 0.2) is 0 Å². The van der Waals surface area contributed by atoms with Crippen molar-refractivity contribution in [3.63, 3.8) is 0 Å². The molecule has 3 heteroatoms. The molecule has 0 aliphatic rings. The zero-order valence-corrected chi connectivity index (χ0v) is 7.35. The van der Waals surface area contributed by atoms with E-state index in [1.807, 2.05) is 13.8 Å². The maximum Gasteiger partial charge on any atom is 0.324 e. The van der Waals surface area contributed by atoms with Gasteiger partial charge in [0.05, 0.1) is 0 Å². The van der Waals surface area contributed by atoms with Crippen LogP contribution in [0.2, 0.25) is 0 Å². The summed E-state index contributed by atoms with van der Waals surface area (Å²) in [5.41, 5.74) is 2.59. The summed E-state index contributed by atoms with van der Waals surface area (Å²) in [6.45, 7) is 4.80. The van der Waals surface area contributed by atoms with E-state index < -0.39 is 0 Å². The number of carbonyl (C=O) groups excluding carboxylic acids is 1. The van der Waals surface area contributed by atoms with Crippen LogP contribution in [-0.2, 0) is 9.63 Å². The first-order chi connectivity index (χ1) is 5.31. The Hall–Kier alpha value is -0.570. The molecule has 0 unspecified atom stereocenters. The quantitative estimate of drug-likeness (QED) is 0.473. The van der Waals surface area contributed by atoms with Gasteiger partial charge in [0.1, 0.15) is 0 Å². The van der Waals surface area contributed by atoms with E-state index in [0.29, 0.717) is 6.42 Å². The van der Waals surface area contributed by atoms with E-state index >= 15 is 0 Å². The lowest BCUT2D eigenvalue weighted by Gasteiger charge is -2.02. The molecule has 11 heavy (non-hydrogen) atoms. The fourth-order valence-corrected chi connectivity index (χ4v) is 0.606. The van der Waals surface area contributed by atoms with Gasteiger partial charge in [0.2, 0.25) is 0 Å². The van der Waals surface area contributed by atoms with Gasteiger partial charge in [-0.2, -0.15) is 5.48 Å². The predicted molar refractivity (Wildman–Crippen MR) is 43.9 cm³/mol. The zero-order chi connectivity index (χ0) is 8.53. The third-order valence-corrected chi connectivity index (χ3v) is 1.27. The molecule has 0 aromatic heterocycles. The van der Waals surface area contributed by atoms with E-state index in [4.69, 9.17) is 4.84 Å². The topological polar surface area (TPSA) is 38.3 Å². The minimum atomic E-state index is -0.152. The van der Waals surface area contributed by atoms with Crippen LogP contribution in [0.5, 0.6) is 0 Å². The molecule has 0 aromatic rings. The van der Waals surface area contributed by atoms with Crippen LogP contribution in [-0.4, -0.2) is 12.5 Å². The molecule has 0 saturated heterocycles. The Morgan fingerprint density at radius 1 is 1.36 bits per heavy atom. The van der Waals surface area contributed by atoms with E-state index in [9.17, 15) is 4.79 Å². The molecule has 0 aliphatic heterocycles. The Morgan fingerprint density at radius 2 is 2.09 bits per heavy atom. The number of hydroxylamine groups is 1. The van der Waals surface area contributed by atoms with Gasteiger partial charge < -0.3 is 4.84 Å². The predicted octanol–water partition coefficient (Wildman–Crippen LogP) is 1.63. The minimum absolute atomic E-state index is 0.152. The van der Waals surface area contributed by atoms with Gasteiger partial charge in [-0.15, -0.1) is 0 Å². The van der Waals surface area contributed by atoms with Gasteiger partial charge in [-0.3, -0.25) is 4.79 Å². The lowest BCUT2D eigenvalue weighted by molar-refractivity contribution is -0.151. The molecular weight excluding hydrogens is 142 g/mol. The summed E-state index contributed by atoms with van der Waals surface area (Å²) >= 11 is 0. The smallest absolute Gasteiger partial charge is 0.324 e. The van der Waals surface area contributed by atoms with Crippen molar-refractivity contribution < 1.29 is 9.63 Å². The third kappa shape index (κ3) is 7.33. The van der Waals surface area contributed by atoms with Crippen LogP contribution >= 0.6 is 0 Å². The fraction of sp³-hybridized carbons (Fsp3) is 0.875. The van der Waals surface area contributed by atoms with E-state index in [0.717, 1.165) is 25.8 Å². The van der Waals surface area contributed by atoms with Crippen LogP contribution in [0.4, 0.5) is 0 Å². The summed E-state index contributed by atoms with van der Waals surface area (Å²) in [7, 11) is 0. The normalized spacial score (nSPS) is 9.64. The summed E-state index contributed by atoms with van der Waals surface area (Å²) in [4.78, 5) is 15.5. The Morgan fingerprint density at radius 3 is 2.64 bits per heavy atom. The van der Waals surface area contributed by atoms with E-state index in [2.05, 4.69) is 5.48 Å². The Bertz CT molecular complexity index is 104. The van der Waals surface area contributed by atoms with Crippen molar-refractivity contribution in [1.82, 2.24) is 5.48 Å². The second-order valence-corrected chi connectivity index (χ2v) is 2.47. The first kappa shape index (κ1) is 10.4. The van der Waals surface area contributed by atoms with Crippen molar-refractivity contribution in [2.75, 3.05) is 6.54 Å². The fourth-order valence-electron chi connectivity index (χ4n) is 0.606. The van der Waals surface area contributed by atoms with Crippen LogP contribution in [0.15, 0.2) is 0 Å². The number of nitrogens with one attached hydrogen (secondary N) is 1. The molecule has 0 saturated carbocycles. The molecule has 0 spiro atoms. The third-order valence-electron chi connectivity index (χ3n) is 1.27. The molecule has 0 rings (SSSR count). The van der Waals surface area contributed by atoms with Gasteiger partial charge in [0, 0.05) is 13.0 Å². The summed E-state index contributed by atoms with van der Waals surface area (Å²) in [5, 5.41) is 0. The SMILES string of the molecule is CCCCC(=O)ONCCC. The van der Waals surface area contributed by atoms with Crippen molar-refractivity contribution in [3.05, 3.63) is 0 Å². The summed E-state index contributed by atoms with van der Waals surface area (Å²) in [5.74, 6) is -0.152. The highest BCUT2D eigenvalue weighted by Gasteiger charge is 1.99.